The van der Waals surface area contributed by atoms with E-state index in [4.69, 9.17) is 0 Å². The summed E-state index contributed by atoms with van der Waals surface area (Å²) in [5.74, 6) is 0.0401. The minimum Gasteiger partial charge on any atom is -0.300 e. The lowest BCUT2D eigenvalue weighted by molar-refractivity contribution is -0.113. The van der Waals surface area contributed by atoms with E-state index in [2.05, 4.69) is 20.2 Å². The second-order valence-electron chi connectivity index (χ2n) is 5.41. The van der Waals surface area contributed by atoms with Gasteiger partial charge in [0.15, 0.2) is 0 Å². The van der Waals surface area contributed by atoms with Crippen molar-refractivity contribution in [3.63, 3.8) is 0 Å². The molecule has 10 heteroatoms. The van der Waals surface area contributed by atoms with Crippen LogP contribution in [0.4, 0.5) is 10.8 Å². The minimum atomic E-state index is -3.62. The topological polar surface area (TPSA) is 101 Å². The van der Waals surface area contributed by atoms with Gasteiger partial charge >= 0.3 is 0 Å². The Balaban J connectivity index is 1.55. The van der Waals surface area contributed by atoms with Crippen LogP contribution in [0.2, 0.25) is 0 Å². The summed E-state index contributed by atoms with van der Waals surface area (Å²) < 4.78 is 27.1. The molecule has 1 heterocycles. The molecule has 1 aromatic heterocycles. The number of benzene rings is 2. The summed E-state index contributed by atoms with van der Waals surface area (Å²) >= 11 is 2.66. The Morgan fingerprint density at radius 1 is 1.07 bits per heavy atom. The van der Waals surface area contributed by atoms with E-state index in [-0.39, 0.29) is 16.6 Å². The van der Waals surface area contributed by atoms with Gasteiger partial charge in [0, 0.05) is 10.6 Å². The zero-order valence-corrected chi connectivity index (χ0v) is 16.7. The summed E-state index contributed by atoms with van der Waals surface area (Å²) in [6, 6.07) is 15.0. The zero-order chi connectivity index (χ0) is 19.3. The van der Waals surface area contributed by atoms with Gasteiger partial charge in [0.2, 0.25) is 11.0 Å². The van der Waals surface area contributed by atoms with Gasteiger partial charge in [-0.3, -0.25) is 14.8 Å². The maximum atomic E-state index is 12.3. The molecular formula is C17H16N4O3S3. The first-order chi connectivity index (χ1) is 12.9. The first kappa shape index (κ1) is 19.3. The molecule has 0 radical (unpaired) electrons. The number of aryl methyl sites for hydroxylation is 1. The predicted molar refractivity (Wildman–Crippen MR) is 108 cm³/mol. The third-order valence-corrected chi connectivity index (χ3v) is 6.47. The molecule has 0 fully saturated rings. The molecule has 0 atom stereocenters. The Morgan fingerprint density at radius 2 is 1.78 bits per heavy atom. The van der Waals surface area contributed by atoms with Gasteiger partial charge in [-0.2, -0.15) is 0 Å². The second-order valence-corrected chi connectivity index (χ2v) is 9.32. The summed E-state index contributed by atoms with van der Waals surface area (Å²) in [4.78, 5) is 13.0. The van der Waals surface area contributed by atoms with Crippen LogP contribution in [0.3, 0.4) is 0 Å². The molecule has 0 saturated carbocycles. The Hall–Kier alpha value is -2.43. The van der Waals surface area contributed by atoms with Crippen molar-refractivity contribution in [3.05, 3.63) is 59.6 Å². The Kier molecular flexibility index (Phi) is 6.09. The van der Waals surface area contributed by atoms with Crippen LogP contribution in [0.5, 0.6) is 0 Å². The average molecular weight is 421 g/mol. The van der Waals surface area contributed by atoms with Crippen molar-refractivity contribution in [2.24, 2.45) is 0 Å². The number of aromatic nitrogens is 2. The second kappa shape index (κ2) is 8.51. The van der Waals surface area contributed by atoms with Crippen molar-refractivity contribution in [1.29, 1.82) is 0 Å². The van der Waals surface area contributed by atoms with E-state index in [1.165, 1.54) is 35.2 Å². The first-order valence-corrected chi connectivity index (χ1v) is 11.1. The quantitative estimate of drug-likeness (QED) is 0.568. The van der Waals surface area contributed by atoms with Gasteiger partial charge in [-0.1, -0.05) is 29.5 Å². The van der Waals surface area contributed by atoms with E-state index in [1.807, 2.05) is 6.92 Å². The average Bonchev–Trinajstić information content (AvgIpc) is 3.06. The summed E-state index contributed by atoms with van der Waals surface area (Å²) in [6.07, 6.45) is 0. The molecule has 0 aliphatic carbocycles. The van der Waals surface area contributed by atoms with E-state index in [0.717, 1.165) is 9.90 Å². The van der Waals surface area contributed by atoms with Crippen LogP contribution in [0.1, 0.15) is 5.01 Å². The smallest absolute Gasteiger partial charge is 0.261 e. The monoisotopic (exact) mass is 420 g/mol. The van der Waals surface area contributed by atoms with E-state index in [9.17, 15) is 13.2 Å². The maximum absolute atomic E-state index is 12.3. The fraction of sp³-hybridized carbons (Fsp3) is 0.118. The highest BCUT2D eigenvalue weighted by atomic mass is 32.2. The lowest BCUT2D eigenvalue weighted by Crippen LogP contribution is -2.14. The van der Waals surface area contributed by atoms with Gasteiger partial charge < -0.3 is 0 Å². The molecule has 1 amide bonds. The summed E-state index contributed by atoms with van der Waals surface area (Å²) in [5.41, 5.74) is 0.456. The van der Waals surface area contributed by atoms with Crippen LogP contribution >= 0.6 is 23.1 Å². The highest BCUT2D eigenvalue weighted by Gasteiger charge is 2.13. The number of rotatable bonds is 7. The van der Waals surface area contributed by atoms with Gasteiger partial charge in [-0.05, 0) is 43.3 Å². The molecule has 0 bridgehead atoms. The van der Waals surface area contributed by atoms with E-state index >= 15 is 0 Å². The molecule has 3 aromatic rings. The normalized spacial score (nSPS) is 11.1. The van der Waals surface area contributed by atoms with Crippen LogP contribution in [0, 0.1) is 6.92 Å². The molecular weight excluding hydrogens is 404 g/mol. The standard InChI is InChI=1S/C17H16N4O3S3/c1-12-19-20-17(26-12)18-16(22)11-25-14-9-7-13(8-10-14)21-27(23,24)15-5-3-2-4-6-15/h2-10,21H,11H2,1H3,(H,18,20,22). The van der Waals surface area contributed by atoms with Gasteiger partial charge in [0.25, 0.3) is 10.0 Å². The number of carbonyl (C=O) groups excluding carboxylic acids is 1. The lowest BCUT2D eigenvalue weighted by atomic mass is 10.3. The van der Waals surface area contributed by atoms with Crippen molar-refractivity contribution in [2.45, 2.75) is 16.7 Å². The number of nitrogens with zero attached hydrogens (tertiary/aromatic N) is 2. The third kappa shape index (κ3) is 5.52. The minimum absolute atomic E-state index is 0.176. The fourth-order valence-electron chi connectivity index (χ4n) is 2.08. The van der Waals surface area contributed by atoms with E-state index in [0.29, 0.717) is 10.8 Å². The first-order valence-electron chi connectivity index (χ1n) is 7.83. The van der Waals surface area contributed by atoms with Gasteiger partial charge in [-0.25, -0.2) is 8.42 Å². The zero-order valence-electron chi connectivity index (χ0n) is 14.2. The Bertz CT molecular complexity index is 1020. The molecule has 0 aliphatic rings. The number of thioether (sulfide) groups is 1. The molecule has 3 rings (SSSR count). The SMILES string of the molecule is Cc1nnc(NC(=O)CSc2ccc(NS(=O)(=O)c3ccccc3)cc2)s1. The Labute approximate surface area is 165 Å². The fourth-order valence-corrected chi connectivity index (χ4v) is 4.47. The number of anilines is 2. The van der Waals surface area contributed by atoms with E-state index in [1.54, 1.807) is 42.5 Å². The Morgan fingerprint density at radius 3 is 2.41 bits per heavy atom. The number of sulfonamides is 1. The molecule has 0 unspecified atom stereocenters. The van der Waals surface area contributed by atoms with Gasteiger partial charge in [0.1, 0.15) is 5.01 Å². The summed E-state index contributed by atoms with van der Waals surface area (Å²) in [6.45, 7) is 1.82. The summed E-state index contributed by atoms with van der Waals surface area (Å²) in [7, 11) is -3.62. The number of carbonyl (C=O) groups is 1. The van der Waals surface area contributed by atoms with Crippen LogP contribution in [0.25, 0.3) is 0 Å². The third-order valence-electron chi connectivity index (χ3n) is 3.30. The predicted octanol–water partition coefficient (Wildman–Crippen LogP) is 3.38. The van der Waals surface area contributed by atoms with Crippen LogP contribution in [0.15, 0.2) is 64.4 Å². The van der Waals surface area contributed by atoms with Crippen LogP contribution in [-0.4, -0.2) is 30.3 Å². The largest absolute Gasteiger partial charge is 0.300 e. The maximum Gasteiger partial charge on any atom is 0.261 e. The molecule has 2 N–H and O–H groups in total. The van der Waals surface area contributed by atoms with Crippen molar-refractivity contribution in [1.82, 2.24) is 10.2 Å². The highest BCUT2D eigenvalue weighted by Crippen LogP contribution is 2.23. The van der Waals surface area contributed by atoms with Gasteiger partial charge in [-0.15, -0.1) is 22.0 Å². The summed E-state index contributed by atoms with van der Waals surface area (Å²) in [5, 5.41) is 11.6. The van der Waals surface area contributed by atoms with Gasteiger partial charge in [0.05, 0.1) is 10.6 Å². The number of hydrogen-bond acceptors (Lipinski definition) is 7. The van der Waals surface area contributed by atoms with Crippen molar-refractivity contribution >= 4 is 49.8 Å². The highest BCUT2D eigenvalue weighted by molar-refractivity contribution is 8.00. The van der Waals surface area contributed by atoms with Crippen LogP contribution in [-0.2, 0) is 14.8 Å². The van der Waals surface area contributed by atoms with Crippen LogP contribution < -0.4 is 10.0 Å². The van der Waals surface area contributed by atoms with E-state index < -0.39 is 10.0 Å². The lowest BCUT2D eigenvalue weighted by Gasteiger charge is -2.08. The molecule has 0 aliphatic heterocycles. The molecule has 0 spiro atoms. The molecule has 7 nitrogen and oxygen atoms in total. The molecule has 2 aromatic carbocycles. The van der Waals surface area contributed by atoms with Crippen molar-refractivity contribution in [2.75, 3.05) is 15.8 Å². The number of hydrogen-bond donors (Lipinski definition) is 2. The number of nitrogens with one attached hydrogen (secondary N) is 2. The van der Waals surface area contributed by atoms with Crippen molar-refractivity contribution < 1.29 is 13.2 Å². The number of amides is 1. The van der Waals surface area contributed by atoms with Crippen molar-refractivity contribution in [3.8, 4) is 0 Å². The molecule has 0 saturated heterocycles. The molecule has 140 valence electrons. The molecule has 27 heavy (non-hydrogen) atoms.